The standard InChI is InChI=1S/C18H22N4O3/c1-20-11-14(16(23)21(2)18(20)25)12-22(15-8-9-19-10-15)17(24)13-6-4-3-5-7-13/h3-7,11,15,19H,8-10,12H2,1-2H3. The first-order valence-corrected chi connectivity index (χ1v) is 8.31. The molecule has 7 heteroatoms. The zero-order valence-electron chi connectivity index (χ0n) is 14.4. The molecule has 1 aliphatic rings. The Morgan fingerprint density at radius 1 is 1.24 bits per heavy atom. The van der Waals surface area contributed by atoms with Crippen LogP contribution in [0, 0.1) is 0 Å². The topological polar surface area (TPSA) is 76.3 Å². The van der Waals surface area contributed by atoms with Crippen LogP contribution < -0.4 is 16.6 Å². The van der Waals surface area contributed by atoms with Crippen molar-refractivity contribution < 1.29 is 4.79 Å². The highest BCUT2D eigenvalue weighted by atomic mass is 16.2. The summed E-state index contributed by atoms with van der Waals surface area (Å²) in [5.41, 5.74) is 0.286. The summed E-state index contributed by atoms with van der Waals surface area (Å²) in [6.45, 7) is 1.72. The van der Waals surface area contributed by atoms with Crippen LogP contribution in [-0.2, 0) is 20.6 Å². The van der Waals surface area contributed by atoms with Crippen LogP contribution in [0.1, 0.15) is 22.3 Å². The van der Waals surface area contributed by atoms with Crippen molar-refractivity contribution in [3.8, 4) is 0 Å². The van der Waals surface area contributed by atoms with E-state index in [-0.39, 0.29) is 29.7 Å². The van der Waals surface area contributed by atoms with Crippen LogP contribution in [0.4, 0.5) is 0 Å². The highest BCUT2D eigenvalue weighted by Gasteiger charge is 2.28. The number of hydrogen-bond donors (Lipinski definition) is 1. The van der Waals surface area contributed by atoms with E-state index < -0.39 is 0 Å². The number of aryl methyl sites for hydroxylation is 1. The van der Waals surface area contributed by atoms with E-state index in [2.05, 4.69) is 5.32 Å². The molecule has 1 amide bonds. The lowest BCUT2D eigenvalue weighted by Crippen LogP contribution is -2.45. The lowest BCUT2D eigenvalue weighted by Gasteiger charge is -2.28. The van der Waals surface area contributed by atoms with Crippen LogP contribution in [0.5, 0.6) is 0 Å². The molecule has 0 saturated carbocycles. The van der Waals surface area contributed by atoms with E-state index in [4.69, 9.17) is 0 Å². The van der Waals surface area contributed by atoms with Crippen molar-refractivity contribution in [2.45, 2.75) is 19.0 Å². The third-order valence-corrected chi connectivity index (χ3v) is 4.61. The quantitative estimate of drug-likeness (QED) is 0.854. The smallest absolute Gasteiger partial charge is 0.330 e. The normalized spacial score (nSPS) is 16.8. The van der Waals surface area contributed by atoms with Crippen molar-refractivity contribution in [1.29, 1.82) is 0 Å². The molecule has 2 aromatic rings. The predicted molar refractivity (Wildman–Crippen MR) is 94.5 cm³/mol. The summed E-state index contributed by atoms with van der Waals surface area (Å²) in [4.78, 5) is 39.1. The molecule has 1 atom stereocenters. The number of aromatic nitrogens is 2. The first kappa shape index (κ1) is 17.2. The van der Waals surface area contributed by atoms with E-state index in [0.717, 1.165) is 17.5 Å². The number of nitrogens with one attached hydrogen (secondary N) is 1. The average Bonchev–Trinajstić information content (AvgIpc) is 3.16. The Morgan fingerprint density at radius 2 is 1.96 bits per heavy atom. The summed E-state index contributed by atoms with van der Waals surface area (Å²) >= 11 is 0. The number of amides is 1. The SMILES string of the molecule is Cn1cc(CN(C(=O)c2ccccc2)C2CCNC2)c(=O)n(C)c1=O. The van der Waals surface area contributed by atoms with Crippen molar-refractivity contribution in [2.24, 2.45) is 14.1 Å². The van der Waals surface area contributed by atoms with Crippen LogP contribution in [0.3, 0.4) is 0 Å². The molecule has 1 aliphatic heterocycles. The Morgan fingerprint density at radius 3 is 2.60 bits per heavy atom. The van der Waals surface area contributed by atoms with Gasteiger partial charge in [0.25, 0.3) is 11.5 Å². The third-order valence-electron chi connectivity index (χ3n) is 4.61. The van der Waals surface area contributed by atoms with Gasteiger partial charge in [-0.3, -0.25) is 14.2 Å². The number of carbonyl (C=O) groups is 1. The second-order valence-corrected chi connectivity index (χ2v) is 6.36. The van der Waals surface area contributed by atoms with Gasteiger partial charge in [0.05, 0.1) is 12.1 Å². The minimum Gasteiger partial charge on any atom is -0.330 e. The minimum atomic E-state index is -0.378. The van der Waals surface area contributed by atoms with E-state index in [1.165, 1.54) is 17.8 Å². The largest absolute Gasteiger partial charge is 0.330 e. The van der Waals surface area contributed by atoms with E-state index in [9.17, 15) is 14.4 Å². The van der Waals surface area contributed by atoms with Crippen molar-refractivity contribution in [1.82, 2.24) is 19.4 Å². The summed E-state index contributed by atoms with van der Waals surface area (Å²) < 4.78 is 2.45. The molecule has 1 N–H and O–H groups in total. The number of rotatable bonds is 4. The summed E-state index contributed by atoms with van der Waals surface area (Å²) in [6.07, 6.45) is 2.36. The first-order chi connectivity index (χ1) is 12.0. The Hall–Kier alpha value is -2.67. The maximum Gasteiger partial charge on any atom is 0.330 e. The highest BCUT2D eigenvalue weighted by molar-refractivity contribution is 5.94. The van der Waals surface area contributed by atoms with Gasteiger partial charge in [-0.05, 0) is 25.1 Å². The van der Waals surface area contributed by atoms with E-state index in [1.54, 1.807) is 24.1 Å². The van der Waals surface area contributed by atoms with Crippen LogP contribution in [0.2, 0.25) is 0 Å². The van der Waals surface area contributed by atoms with Gasteiger partial charge in [-0.25, -0.2) is 4.79 Å². The van der Waals surface area contributed by atoms with E-state index in [1.807, 2.05) is 18.2 Å². The zero-order chi connectivity index (χ0) is 18.0. The molecule has 2 heterocycles. The Labute approximate surface area is 145 Å². The van der Waals surface area contributed by atoms with Gasteiger partial charge in [0.15, 0.2) is 0 Å². The molecule has 3 rings (SSSR count). The molecule has 1 aromatic heterocycles. The van der Waals surface area contributed by atoms with Gasteiger partial charge in [0.1, 0.15) is 0 Å². The van der Waals surface area contributed by atoms with Gasteiger partial charge in [-0.2, -0.15) is 0 Å². The molecule has 0 spiro atoms. The molecule has 1 saturated heterocycles. The Kier molecular flexibility index (Phi) is 4.85. The second-order valence-electron chi connectivity index (χ2n) is 6.36. The molecule has 1 fully saturated rings. The fourth-order valence-electron chi connectivity index (χ4n) is 3.19. The van der Waals surface area contributed by atoms with Gasteiger partial charge < -0.3 is 14.8 Å². The van der Waals surface area contributed by atoms with Crippen molar-refractivity contribution in [3.63, 3.8) is 0 Å². The third kappa shape index (κ3) is 3.41. The number of carbonyl (C=O) groups excluding carboxylic acids is 1. The van der Waals surface area contributed by atoms with Gasteiger partial charge in [0.2, 0.25) is 0 Å². The summed E-state index contributed by atoms with van der Waals surface area (Å²) in [6, 6.07) is 9.08. The van der Waals surface area contributed by atoms with Crippen molar-refractivity contribution in [2.75, 3.05) is 13.1 Å². The summed E-state index contributed by atoms with van der Waals surface area (Å²) in [5, 5.41) is 3.26. The number of nitrogens with zero attached hydrogens (tertiary/aromatic N) is 3. The monoisotopic (exact) mass is 342 g/mol. The van der Waals surface area contributed by atoms with Gasteiger partial charge in [-0.15, -0.1) is 0 Å². The molecular weight excluding hydrogens is 320 g/mol. The lowest BCUT2D eigenvalue weighted by molar-refractivity contribution is 0.0674. The van der Waals surface area contributed by atoms with Crippen LogP contribution in [0.25, 0.3) is 0 Å². The van der Waals surface area contributed by atoms with Gasteiger partial charge in [-0.1, -0.05) is 18.2 Å². The maximum absolute atomic E-state index is 13.0. The molecule has 1 aromatic carbocycles. The average molecular weight is 342 g/mol. The minimum absolute atomic E-state index is 0.0228. The Bertz CT molecular complexity index is 879. The second kappa shape index (κ2) is 7.06. The van der Waals surface area contributed by atoms with E-state index in [0.29, 0.717) is 17.7 Å². The number of benzene rings is 1. The number of hydrogen-bond acceptors (Lipinski definition) is 4. The van der Waals surface area contributed by atoms with Crippen molar-refractivity contribution >= 4 is 5.91 Å². The van der Waals surface area contributed by atoms with Crippen molar-refractivity contribution in [3.05, 3.63) is 68.5 Å². The fourth-order valence-corrected chi connectivity index (χ4v) is 3.19. The maximum atomic E-state index is 13.0. The van der Waals surface area contributed by atoms with Gasteiger partial charge in [0, 0.05) is 38.4 Å². The molecule has 25 heavy (non-hydrogen) atoms. The fraction of sp³-hybridized carbons (Fsp3) is 0.389. The Balaban J connectivity index is 1.98. The van der Waals surface area contributed by atoms with Crippen LogP contribution in [0.15, 0.2) is 46.1 Å². The van der Waals surface area contributed by atoms with E-state index >= 15 is 0 Å². The molecule has 0 radical (unpaired) electrons. The molecule has 0 aliphatic carbocycles. The zero-order valence-corrected chi connectivity index (χ0v) is 14.4. The van der Waals surface area contributed by atoms with Crippen LogP contribution in [-0.4, -0.2) is 39.1 Å². The summed E-state index contributed by atoms with van der Waals surface area (Å²) in [7, 11) is 3.06. The molecule has 7 nitrogen and oxygen atoms in total. The van der Waals surface area contributed by atoms with Gasteiger partial charge >= 0.3 is 5.69 Å². The molecule has 132 valence electrons. The summed E-state index contributed by atoms with van der Waals surface area (Å²) in [5.74, 6) is -0.106. The molecule has 1 unspecified atom stereocenters. The lowest BCUT2D eigenvalue weighted by atomic mass is 10.1. The first-order valence-electron chi connectivity index (χ1n) is 8.31. The van der Waals surface area contributed by atoms with Crippen LogP contribution >= 0.6 is 0 Å². The molecular formula is C18H22N4O3. The molecule has 0 bridgehead atoms. The predicted octanol–water partition coefficient (Wildman–Crippen LogP) is 0.0883. The highest BCUT2D eigenvalue weighted by Crippen LogP contribution is 2.16.